The van der Waals surface area contributed by atoms with Crippen molar-refractivity contribution in [3.63, 3.8) is 0 Å². The molecule has 6 nitrogen and oxygen atoms in total. The number of carbonyl (C=O) groups excluding carboxylic acids is 2. The number of thioether (sulfide) groups is 1. The van der Waals surface area contributed by atoms with E-state index in [-0.39, 0.29) is 12.8 Å². The molecule has 1 unspecified atom stereocenters. The van der Waals surface area contributed by atoms with Gasteiger partial charge in [-0.05, 0) is 75.2 Å². The lowest BCUT2D eigenvalue weighted by molar-refractivity contribution is -0.191. The van der Waals surface area contributed by atoms with Crippen LogP contribution in [-0.4, -0.2) is 43.1 Å². The van der Waals surface area contributed by atoms with Crippen LogP contribution in [0.3, 0.4) is 0 Å². The van der Waals surface area contributed by atoms with Crippen LogP contribution in [0.25, 0.3) is 0 Å². The molecule has 2 aromatic carbocycles. The molecular formula is C25H29F3O6S. The molecule has 0 N–H and O–H groups in total. The highest BCUT2D eigenvalue weighted by atomic mass is 32.2. The number of ether oxygens (including phenoxy) is 4. The van der Waals surface area contributed by atoms with Gasteiger partial charge in [0.1, 0.15) is 23.7 Å². The van der Waals surface area contributed by atoms with E-state index in [4.69, 9.17) is 28.5 Å². The van der Waals surface area contributed by atoms with Crippen LogP contribution in [0.15, 0.2) is 47.4 Å². The lowest BCUT2D eigenvalue weighted by Crippen LogP contribution is -2.43. The second-order valence-electron chi connectivity index (χ2n) is 8.43. The number of rotatable bonds is 9. The number of hydrogen-bond acceptors (Lipinski definition) is 7. The Kier molecular flexibility index (Phi) is 10.2. The van der Waals surface area contributed by atoms with Gasteiger partial charge in [-0.15, -0.1) is 11.8 Å². The standard InChI is InChI=1S/C24H29F3O4S.CO2/c1-5-12-28-21-11-10-20(13-17(21)2)32-16-23(15-30-22(3,4)31-23)14-29-19-8-6-18(7-9-19)24(25,26)27;2-1-3/h6-11,13H,5,12,14-16H2,1-4H3;. The molecule has 1 fully saturated rings. The van der Waals surface area contributed by atoms with E-state index in [2.05, 4.69) is 13.0 Å². The monoisotopic (exact) mass is 514 g/mol. The highest BCUT2D eigenvalue weighted by Crippen LogP contribution is 2.37. The normalized spacial score (nSPS) is 18.8. The molecule has 1 heterocycles. The lowest BCUT2D eigenvalue weighted by Gasteiger charge is -2.29. The van der Waals surface area contributed by atoms with Gasteiger partial charge in [0.2, 0.25) is 0 Å². The number of hydrogen-bond donors (Lipinski definition) is 0. The summed E-state index contributed by atoms with van der Waals surface area (Å²) in [7, 11) is 0. The minimum atomic E-state index is -4.38. The molecule has 1 aliphatic rings. The van der Waals surface area contributed by atoms with Gasteiger partial charge < -0.3 is 18.9 Å². The topological polar surface area (TPSA) is 71.1 Å². The zero-order chi connectivity index (χ0) is 26.1. The summed E-state index contributed by atoms with van der Waals surface area (Å²) in [6.45, 7) is 8.91. The van der Waals surface area contributed by atoms with Crippen LogP contribution in [0, 0.1) is 6.92 Å². The average Bonchev–Trinajstić information content (AvgIpc) is 3.11. The minimum Gasteiger partial charge on any atom is -0.493 e. The first kappa shape index (κ1) is 28.7. The third-order valence-corrected chi connectivity index (χ3v) is 6.20. The molecule has 0 spiro atoms. The van der Waals surface area contributed by atoms with Gasteiger partial charge in [-0.3, -0.25) is 0 Å². The summed E-state index contributed by atoms with van der Waals surface area (Å²) in [6, 6.07) is 10.7. The van der Waals surface area contributed by atoms with Gasteiger partial charge >= 0.3 is 12.3 Å². The van der Waals surface area contributed by atoms with E-state index in [1.807, 2.05) is 32.9 Å². The SMILES string of the molecule is CCCOc1ccc(SCC2(COc3ccc(C(F)(F)F)cc3)COC(C)(C)O2)cc1C.O=C=O. The molecule has 1 atom stereocenters. The zero-order valence-electron chi connectivity index (χ0n) is 20.1. The van der Waals surface area contributed by atoms with Crippen molar-refractivity contribution in [2.24, 2.45) is 0 Å². The average molecular weight is 515 g/mol. The Morgan fingerprint density at radius 2 is 1.74 bits per heavy atom. The highest BCUT2D eigenvalue weighted by molar-refractivity contribution is 7.99. The Morgan fingerprint density at radius 1 is 1.09 bits per heavy atom. The van der Waals surface area contributed by atoms with Crippen molar-refractivity contribution >= 4 is 17.9 Å². The Balaban J connectivity index is 0.00000137. The Morgan fingerprint density at radius 3 is 2.26 bits per heavy atom. The molecule has 192 valence electrons. The molecule has 10 heteroatoms. The van der Waals surface area contributed by atoms with Gasteiger partial charge in [0.05, 0.1) is 18.8 Å². The number of aryl methyl sites for hydroxylation is 1. The van der Waals surface area contributed by atoms with Crippen LogP contribution in [0.5, 0.6) is 11.5 Å². The summed E-state index contributed by atoms with van der Waals surface area (Å²) in [5, 5.41) is 0. The van der Waals surface area contributed by atoms with E-state index in [0.717, 1.165) is 34.8 Å². The van der Waals surface area contributed by atoms with Crippen molar-refractivity contribution < 1.29 is 41.7 Å². The van der Waals surface area contributed by atoms with Gasteiger partial charge in [-0.1, -0.05) is 6.92 Å². The molecule has 1 saturated heterocycles. The Hall–Kier alpha value is -2.52. The van der Waals surface area contributed by atoms with E-state index < -0.39 is 23.1 Å². The Bertz CT molecular complexity index is 988. The Labute approximate surface area is 207 Å². The van der Waals surface area contributed by atoms with Crippen LogP contribution in [0.1, 0.15) is 38.3 Å². The maximum atomic E-state index is 12.8. The third-order valence-electron chi connectivity index (χ3n) is 4.94. The smallest absolute Gasteiger partial charge is 0.416 e. The van der Waals surface area contributed by atoms with E-state index in [9.17, 15) is 13.2 Å². The minimum absolute atomic E-state index is 0.158. The first-order chi connectivity index (χ1) is 16.4. The molecular weight excluding hydrogens is 485 g/mol. The maximum Gasteiger partial charge on any atom is 0.416 e. The zero-order valence-corrected chi connectivity index (χ0v) is 20.9. The van der Waals surface area contributed by atoms with E-state index in [1.54, 1.807) is 11.8 Å². The molecule has 1 aliphatic heterocycles. The predicted octanol–water partition coefficient (Wildman–Crippen LogP) is 5.91. The van der Waals surface area contributed by atoms with Crippen LogP contribution in [0.2, 0.25) is 0 Å². The molecule has 0 aromatic heterocycles. The fourth-order valence-electron chi connectivity index (χ4n) is 3.33. The van der Waals surface area contributed by atoms with Gasteiger partial charge in [0, 0.05) is 10.6 Å². The summed E-state index contributed by atoms with van der Waals surface area (Å²) < 4.78 is 61.9. The summed E-state index contributed by atoms with van der Waals surface area (Å²) in [4.78, 5) is 17.3. The summed E-state index contributed by atoms with van der Waals surface area (Å²) in [6.07, 6.45) is -3.18. The van der Waals surface area contributed by atoms with Crippen molar-refractivity contribution in [3.8, 4) is 11.5 Å². The molecule has 0 saturated carbocycles. The van der Waals surface area contributed by atoms with E-state index in [1.165, 1.54) is 12.1 Å². The first-order valence-electron chi connectivity index (χ1n) is 10.9. The quantitative estimate of drug-likeness (QED) is 0.385. The fourth-order valence-corrected chi connectivity index (χ4v) is 4.40. The largest absolute Gasteiger partial charge is 0.493 e. The van der Waals surface area contributed by atoms with Crippen LogP contribution >= 0.6 is 11.8 Å². The summed E-state index contributed by atoms with van der Waals surface area (Å²) >= 11 is 1.62. The molecule has 2 aromatic rings. The molecule has 35 heavy (non-hydrogen) atoms. The van der Waals surface area contributed by atoms with Crippen LogP contribution in [0.4, 0.5) is 13.2 Å². The maximum absolute atomic E-state index is 12.8. The van der Waals surface area contributed by atoms with Crippen LogP contribution < -0.4 is 9.47 Å². The molecule has 0 aliphatic carbocycles. The van der Waals surface area contributed by atoms with Gasteiger partial charge in [0.25, 0.3) is 0 Å². The first-order valence-corrected chi connectivity index (χ1v) is 11.9. The highest BCUT2D eigenvalue weighted by Gasteiger charge is 2.46. The molecule has 3 rings (SSSR count). The number of halogens is 3. The van der Waals surface area contributed by atoms with Gasteiger partial charge in [-0.25, -0.2) is 0 Å². The van der Waals surface area contributed by atoms with Crippen molar-refractivity contribution in [2.45, 2.75) is 56.6 Å². The second kappa shape index (κ2) is 12.4. The van der Waals surface area contributed by atoms with Crippen LogP contribution in [-0.2, 0) is 25.2 Å². The van der Waals surface area contributed by atoms with Crippen molar-refractivity contribution in [1.82, 2.24) is 0 Å². The molecule has 0 radical (unpaired) electrons. The van der Waals surface area contributed by atoms with Crippen molar-refractivity contribution in [3.05, 3.63) is 53.6 Å². The predicted molar refractivity (Wildman–Crippen MR) is 123 cm³/mol. The third kappa shape index (κ3) is 8.89. The summed E-state index contributed by atoms with van der Waals surface area (Å²) in [5.41, 5.74) is -0.386. The molecule has 0 amide bonds. The van der Waals surface area contributed by atoms with E-state index in [0.29, 0.717) is 24.7 Å². The van der Waals surface area contributed by atoms with Crippen molar-refractivity contribution in [1.29, 1.82) is 0 Å². The second-order valence-corrected chi connectivity index (χ2v) is 9.48. The number of alkyl halides is 3. The molecule has 0 bridgehead atoms. The van der Waals surface area contributed by atoms with E-state index >= 15 is 0 Å². The summed E-state index contributed by atoms with van der Waals surface area (Å²) in [5.74, 6) is 1.02. The van der Waals surface area contributed by atoms with Gasteiger partial charge in [-0.2, -0.15) is 22.8 Å². The van der Waals surface area contributed by atoms with Gasteiger partial charge in [0.15, 0.2) is 5.79 Å². The fraction of sp³-hybridized carbons (Fsp3) is 0.480. The number of benzene rings is 2. The van der Waals surface area contributed by atoms with Crippen molar-refractivity contribution in [2.75, 3.05) is 25.6 Å². The lowest BCUT2D eigenvalue weighted by atomic mass is 10.1.